The van der Waals surface area contributed by atoms with Gasteiger partial charge in [0.1, 0.15) is 0 Å². The summed E-state index contributed by atoms with van der Waals surface area (Å²) in [5.41, 5.74) is 0. The molecule has 0 aromatic carbocycles. The number of hydrogen-bond acceptors (Lipinski definition) is 3. The lowest BCUT2D eigenvalue weighted by atomic mass is 9.88. The third kappa shape index (κ3) is 4.23. The maximum absolute atomic E-state index is 5.62. The molecular weight excluding hydrogens is 212 g/mol. The minimum absolute atomic E-state index is 0.602. The maximum Gasteiger partial charge on any atom is 0.0634 e. The zero-order valence-electron chi connectivity index (χ0n) is 11.3. The highest BCUT2D eigenvalue weighted by atomic mass is 16.5. The molecular formula is C14H28N2O. The van der Waals surface area contributed by atoms with E-state index in [2.05, 4.69) is 17.1 Å². The van der Waals surface area contributed by atoms with E-state index in [1.54, 1.807) is 0 Å². The van der Waals surface area contributed by atoms with Gasteiger partial charge in [0.2, 0.25) is 0 Å². The smallest absolute Gasteiger partial charge is 0.0634 e. The molecule has 1 unspecified atom stereocenters. The molecule has 0 amide bonds. The summed E-state index contributed by atoms with van der Waals surface area (Å²) in [4.78, 5) is 2.67. The molecule has 1 atom stereocenters. The number of likely N-dealkylation sites (N-methyl/N-ethyl adjacent to an activating group) is 1. The minimum atomic E-state index is 0.602. The number of nitrogens with one attached hydrogen (secondary N) is 1. The van der Waals surface area contributed by atoms with Crippen LogP contribution in [0.1, 0.15) is 39.0 Å². The highest BCUT2D eigenvalue weighted by Gasteiger charge is 2.25. The van der Waals surface area contributed by atoms with Gasteiger partial charge in [0.15, 0.2) is 0 Å². The third-order valence-corrected chi connectivity index (χ3v) is 4.20. The molecule has 1 saturated heterocycles. The van der Waals surface area contributed by atoms with Crippen molar-refractivity contribution in [2.24, 2.45) is 5.92 Å². The van der Waals surface area contributed by atoms with Gasteiger partial charge in [-0.05, 0) is 25.3 Å². The van der Waals surface area contributed by atoms with Crippen molar-refractivity contribution in [1.29, 1.82) is 0 Å². The third-order valence-electron chi connectivity index (χ3n) is 4.20. The Labute approximate surface area is 106 Å². The van der Waals surface area contributed by atoms with Gasteiger partial charge in [-0.15, -0.1) is 0 Å². The highest BCUT2D eigenvalue weighted by molar-refractivity contribution is 4.80. The van der Waals surface area contributed by atoms with E-state index < -0.39 is 0 Å². The van der Waals surface area contributed by atoms with Crippen molar-refractivity contribution in [1.82, 2.24) is 10.2 Å². The fourth-order valence-electron chi connectivity index (χ4n) is 3.13. The summed E-state index contributed by atoms with van der Waals surface area (Å²) >= 11 is 0. The van der Waals surface area contributed by atoms with Gasteiger partial charge in [0.05, 0.1) is 13.2 Å². The second-order valence-corrected chi connectivity index (χ2v) is 5.54. The SMILES string of the molecule is CCNCC1COCCN1CC1CCCCC1. The molecule has 2 rings (SSSR count). The molecule has 0 bridgehead atoms. The van der Waals surface area contributed by atoms with Gasteiger partial charge in [-0.25, -0.2) is 0 Å². The average molecular weight is 240 g/mol. The fraction of sp³-hybridized carbons (Fsp3) is 1.00. The van der Waals surface area contributed by atoms with E-state index in [-0.39, 0.29) is 0 Å². The van der Waals surface area contributed by atoms with Crippen LogP contribution in [-0.2, 0) is 4.74 Å². The molecule has 2 aliphatic rings. The van der Waals surface area contributed by atoms with Crippen molar-refractivity contribution in [2.45, 2.75) is 45.1 Å². The van der Waals surface area contributed by atoms with E-state index in [1.807, 2.05) is 0 Å². The second kappa shape index (κ2) is 7.34. The Kier molecular flexibility index (Phi) is 5.75. The summed E-state index contributed by atoms with van der Waals surface area (Å²) in [5.74, 6) is 0.950. The Bertz CT molecular complexity index is 204. The first kappa shape index (κ1) is 13.3. The lowest BCUT2D eigenvalue weighted by Crippen LogP contribution is -2.51. The predicted octanol–water partition coefficient (Wildman–Crippen LogP) is 1.88. The Hall–Kier alpha value is -0.120. The van der Waals surface area contributed by atoms with Crippen LogP contribution in [0.5, 0.6) is 0 Å². The van der Waals surface area contributed by atoms with Crippen LogP contribution in [0.25, 0.3) is 0 Å². The Balaban J connectivity index is 1.78. The summed E-state index contributed by atoms with van der Waals surface area (Å²) in [6.07, 6.45) is 7.26. The predicted molar refractivity (Wildman–Crippen MR) is 71.3 cm³/mol. The monoisotopic (exact) mass is 240 g/mol. The molecule has 0 spiro atoms. The van der Waals surface area contributed by atoms with Crippen LogP contribution < -0.4 is 5.32 Å². The molecule has 100 valence electrons. The second-order valence-electron chi connectivity index (χ2n) is 5.54. The molecule has 0 radical (unpaired) electrons. The number of nitrogens with zero attached hydrogens (tertiary/aromatic N) is 1. The summed E-state index contributed by atoms with van der Waals surface area (Å²) < 4.78 is 5.62. The molecule has 0 aromatic heterocycles. The van der Waals surface area contributed by atoms with E-state index >= 15 is 0 Å². The highest BCUT2D eigenvalue weighted by Crippen LogP contribution is 2.25. The standard InChI is InChI=1S/C14H28N2O/c1-2-15-10-14-12-17-9-8-16(14)11-13-6-4-3-5-7-13/h13-15H,2-12H2,1H3. The summed E-state index contributed by atoms with van der Waals surface area (Å²) in [6, 6.07) is 0.602. The number of rotatable bonds is 5. The molecule has 3 heteroatoms. The zero-order chi connectivity index (χ0) is 11.9. The van der Waals surface area contributed by atoms with E-state index in [1.165, 1.54) is 38.6 Å². The van der Waals surface area contributed by atoms with Crippen molar-refractivity contribution in [3.05, 3.63) is 0 Å². The summed E-state index contributed by atoms with van der Waals surface area (Å²) in [5, 5.41) is 3.46. The van der Waals surface area contributed by atoms with Crippen LogP contribution >= 0.6 is 0 Å². The Morgan fingerprint density at radius 2 is 2.06 bits per heavy atom. The van der Waals surface area contributed by atoms with Gasteiger partial charge < -0.3 is 10.1 Å². The quantitative estimate of drug-likeness (QED) is 0.794. The van der Waals surface area contributed by atoms with Crippen LogP contribution in [0.4, 0.5) is 0 Å². The first-order valence-corrected chi connectivity index (χ1v) is 7.42. The van der Waals surface area contributed by atoms with Crippen molar-refractivity contribution in [2.75, 3.05) is 39.4 Å². The fourth-order valence-corrected chi connectivity index (χ4v) is 3.13. The summed E-state index contributed by atoms with van der Waals surface area (Å²) in [6.45, 7) is 8.60. The van der Waals surface area contributed by atoms with Gasteiger partial charge in [-0.1, -0.05) is 26.2 Å². The van der Waals surface area contributed by atoms with E-state index in [0.29, 0.717) is 6.04 Å². The minimum Gasteiger partial charge on any atom is -0.378 e. The number of ether oxygens (including phenoxy) is 1. The topological polar surface area (TPSA) is 24.5 Å². The van der Waals surface area contributed by atoms with Crippen molar-refractivity contribution in [3.63, 3.8) is 0 Å². The Morgan fingerprint density at radius 3 is 2.82 bits per heavy atom. The van der Waals surface area contributed by atoms with Gasteiger partial charge >= 0.3 is 0 Å². The van der Waals surface area contributed by atoms with Crippen LogP contribution in [0.2, 0.25) is 0 Å². The molecule has 1 heterocycles. The van der Waals surface area contributed by atoms with Crippen LogP contribution in [-0.4, -0.2) is 50.3 Å². The lowest BCUT2D eigenvalue weighted by molar-refractivity contribution is -0.0157. The Morgan fingerprint density at radius 1 is 1.24 bits per heavy atom. The first-order valence-electron chi connectivity index (χ1n) is 7.42. The molecule has 1 saturated carbocycles. The molecule has 1 N–H and O–H groups in total. The normalized spacial score (nSPS) is 28.4. The van der Waals surface area contributed by atoms with Gasteiger partial charge in [0.25, 0.3) is 0 Å². The van der Waals surface area contributed by atoms with Crippen LogP contribution in [0.3, 0.4) is 0 Å². The number of morpholine rings is 1. The average Bonchev–Trinajstić information content (AvgIpc) is 2.39. The van der Waals surface area contributed by atoms with Gasteiger partial charge in [-0.3, -0.25) is 4.90 Å². The molecule has 1 aliphatic heterocycles. The van der Waals surface area contributed by atoms with E-state index in [9.17, 15) is 0 Å². The van der Waals surface area contributed by atoms with Crippen LogP contribution in [0.15, 0.2) is 0 Å². The maximum atomic E-state index is 5.62. The van der Waals surface area contributed by atoms with E-state index in [0.717, 1.165) is 38.8 Å². The lowest BCUT2D eigenvalue weighted by Gasteiger charge is -2.38. The van der Waals surface area contributed by atoms with E-state index in [4.69, 9.17) is 4.74 Å². The molecule has 2 fully saturated rings. The molecule has 17 heavy (non-hydrogen) atoms. The van der Waals surface area contributed by atoms with Crippen LogP contribution in [0, 0.1) is 5.92 Å². The van der Waals surface area contributed by atoms with Crippen molar-refractivity contribution >= 4 is 0 Å². The largest absolute Gasteiger partial charge is 0.378 e. The first-order chi connectivity index (χ1) is 8.40. The van der Waals surface area contributed by atoms with Crippen molar-refractivity contribution < 1.29 is 4.74 Å². The molecule has 3 nitrogen and oxygen atoms in total. The van der Waals surface area contributed by atoms with Gasteiger partial charge in [0, 0.05) is 25.7 Å². The molecule has 0 aromatic rings. The summed E-state index contributed by atoms with van der Waals surface area (Å²) in [7, 11) is 0. The number of hydrogen-bond donors (Lipinski definition) is 1. The van der Waals surface area contributed by atoms with Crippen molar-refractivity contribution in [3.8, 4) is 0 Å². The molecule has 1 aliphatic carbocycles. The van der Waals surface area contributed by atoms with Gasteiger partial charge in [-0.2, -0.15) is 0 Å². The zero-order valence-corrected chi connectivity index (χ0v) is 11.3.